The molecule has 2 rings (SSSR count). The average molecular weight is 238 g/mol. The summed E-state index contributed by atoms with van der Waals surface area (Å²) in [5.74, 6) is 5.33. The van der Waals surface area contributed by atoms with Gasteiger partial charge in [-0.2, -0.15) is 12.8 Å². The third-order valence-corrected chi connectivity index (χ3v) is 2.95. The first-order chi connectivity index (χ1) is 7.50. The maximum absolute atomic E-state index is 10.9. The maximum atomic E-state index is 10.9. The van der Waals surface area contributed by atoms with Crippen LogP contribution in [-0.2, 0) is 10.3 Å². The minimum Gasteiger partial charge on any atom is -0.268 e. The van der Waals surface area contributed by atoms with Gasteiger partial charge in [-0.25, -0.2) is 5.84 Å². The molecule has 2 aromatic carbocycles. The van der Waals surface area contributed by atoms with Crippen molar-refractivity contribution in [2.45, 2.75) is 0 Å². The third kappa shape index (κ3) is 1.85. The van der Waals surface area contributed by atoms with E-state index >= 15 is 0 Å². The monoisotopic (exact) mass is 238 g/mol. The number of anilines is 1. The van der Waals surface area contributed by atoms with Gasteiger partial charge in [0.15, 0.2) is 0 Å². The Kier molecular flexibility index (Phi) is 2.55. The molecular weight excluding hydrogens is 228 g/mol. The highest BCUT2D eigenvalue weighted by Crippen LogP contribution is 2.25. The lowest BCUT2D eigenvalue weighted by Gasteiger charge is -2.16. The molecule has 16 heavy (non-hydrogen) atoms. The number of benzene rings is 2. The molecule has 0 amide bonds. The van der Waals surface area contributed by atoms with E-state index in [2.05, 4.69) is 0 Å². The van der Waals surface area contributed by atoms with Crippen LogP contribution < -0.4 is 10.3 Å². The molecule has 0 radical (unpaired) electrons. The van der Waals surface area contributed by atoms with Gasteiger partial charge in [0.1, 0.15) is 0 Å². The second-order valence-electron chi connectivity index (χ2n) is 3.27. The minimum atomic E-state index is -4.44. The summed E-state index contributed by atoms with van der Waals surface area (Å²) in [4.78, 5) is 0. The molecule has 2 aromatic rings. The molecule has 0 aliphatic carbocycles. The van der Waals surface area contributed by atoms with Crippen molar-refractivity contribution in [1.82, 2.24) is 0 Å². The maximum Gasteiger partial charge on any atom is 0.373 e. The SMILES string of the molecule is NN(c1cccc2ccccc12)S(=O)(=O)O. The Balaban J connectivity index is 2.70. The Morgan fingerprint density at radius 2 is 1.69 bits per heavy atom. The molecule has 0 heterocycles. The van der Waals surface area contributed by atoms with E-state index in [-0.39, 0.29) is 5.69 Å². The number of rotatable bonds is 2. The molecule has 5 nitrogen and oxygen atoms in total. The van der Waals surface area contributed by atoms with Crippen molar-refractivity contribution in [3.05, 3.63) is 42.5 Å². The topological polar surface area (TPSA) is 83.6 Å². The first kappa shape index (κ1) is 10.9. The zero-order valence-electron chi connectivity index (χ0n) is 8.24. The van der Waals surface area contributed by atoms with Crippen molar-refractivity contribution in [2.24, 2.45) is 5.84 Å². The molecule has 0 saturated heterocycles. The fourth-order valence-electron chi connectivity index (χ4n) is 1.52. The van der Waals surface area contributed by atoms with Crippen molar-refractivity contribution in [3.8, 4) is 0 Å². The van der Waals surface area contributed by atoms with Crippen LogP contribution in [0, 0.1) is 0 Å². The van der Waals surface area contributed by atoms with Crippen molar-refractivity contribution < 1.29 is 13.0 Å². The highest BCUT2D eigenvalue weighted by molar-refractivity contribution is 7.87. The van der Waals surface area contributed by atoms with Crippen LogP contribution in [0.1, 0.15) is 0 Å². The fraction of sp³-hybridized carbons (Fsp3) is 0. The molecule has 0 fully saturated rings. The molecule has 0 aliphatic rings. The lowest BCUT2D eigenvalue weighted by atomic mass is 10.1. The summed E-state index contributed by atoms with van der Waals surface area (Å²) in [6.45, 7) is 0. The van der Waals surface area contributed by atoms with E-state index in [9.17, 15) is 8.42 Å². The summed E-state index contributed by atoms with van der Waals surface area (Å²) >= 11 is 0. The van der Waals surface area contributed by atoms with E-state index in [4.69, 9.17) is 10.4 Å². The van der Waals surface area contributed by atoms with Crippen LogP contribution in [0.15, 0.2) is 42.5 Å². The average Bonchev–Trinajstić information content (AvgIpc) is 2.26. The Morgan fingerprint density at radius 1 is 1.06 bits per heavy atom. The van der Waals surface area contributed by atoms with Crippen molar-refractivity contribution >= 4 is 26.8 Å². The lowest BCUT2D eigenvalue weighted by Crippen LogP contribution is -2.36. The normalized spacial score (nSPS) is 11.6. The molecule has 84 valence electrons. The van der Waals surface area contributed by atoms with Gasteiger partial charge in [0, 0.05) is 5.39 Å². The van der Waals surface area contributed by atoms with Crippen LogP contribution in [0.4, 0.5) is 5.69 Å². The van der Waals surface area contributed by atoms with Gasteiger partial charge in [0.25, 0.3) is 0 Å². The van der Waals surface area contributed by atoms with Gasteiger partial charge < -0.3 is 0 Å². The third-order valence-electron chi connectivity index (χ3n) is 2.25. The van der Waals surface area contributed by atoms with Gasteiger partial charge in [-0.3, -0.25) is 4.55 Å². The molecule has 6 heteroatoms. The van der Waals surface area contributed by atoms with Crippen LogP contribution >= 0.6 is 0 Å². The quantitative estimate of drug-likeness (QED) is 0.469. The second-order valence-corrected chi connectivity index (χ2v) is 4.56. The van der Waals surface area contributed by atoms with Crippen LogP contribution in [0.2, 0.25) is 0 Å². The Bertz CT molecular complexity index is 620. The number of hydrogen-bond donors (Lipinski definition) is 2. The van der Waals surface area contributed by atoms with Gasteiger partial charge >= 0.3 is 10.3 Å². The zero-order valence-corrected chi connectivity index (χ0v) is 9.05. The molecule has 3 N–H and O–H groups in total. The van der Waals surface area contributed by atoms with Gasteiger partial charge in [-0.1, -0.05) is 36.4 Å². The Morgan fingerprint density at radius 3 is 2.38 bits per heavy atom. The predicted molar refractivity (Wildman–Crippen MR) is 62.2 cm³/mol. The molecule has 0 bridgehead atoms. The molecule has 0 unspecified atom stereocenters. The van der Waals surface area contributed by atoms with Crippen molar-refractivity contribution in [2.75, 3.05) is 4.41 Å². The van der Waals surface area contributed by atoms with E-state index in [1.807, 2.05) is 18.2 Å². The van der Waals surface area contributed by atoms with Gasteiger partial charge in [0.2, 0.25) is 0 Å². The van der Waals surface area contributed by atoms with Crippen LogP contribution in [0.3, 0.4) is 0 Å². The van der Waals surface area contributed by atoms with Crippen LogP contribution in [0.5, 0.6) is 0 Å². The lowest BCUT2D eigenvalue weighted by molar-refractivity contribution is 0.479. The van der Waals surface area contributed by atoms with Gasteiger partial charge in [0.05, 0.1) is 5.69 Å². The van der Waals surface area contributed by atoms with E-state index in [0.717, 1.165) is 5.39 Å². The smallest absolute Gasteiger partial charge is 0.268 e. The number of nitrogens with two attached hydrogens (primary N) is 1. The predicted octanol–water partition coefficient (Wildman–Crippen LogP) is 1.32. The highest BCUT2D eigenvalue weighted by atomic mass is 32.2. The first-order valence-corrected chi connectivity index (χ1v) is 5.90. The molecule has 0 aliphatic heterocycles. The summed E-state index contributed by atoms with van der Waals surface area (Å²) in [5, 5.41) is 1.50. The fourth-order valence-corrected chi connectivity index (χ4v) is 1.93. The number of nitrogens with zero attached hydrogens (tertiary/aromatic N) is 1. The molecule has 0 saturated carbocycles. The number of hydrazine groups is 1. The summed E-state index contributed by atoms with van der Waals surface area (Å²) in [6.07, 6.45) is 0. The van der Waals surface area contributed by atoms with Gasteiger partial charge in [-0.05, 0) is 11.5 Å². The van der Waals surface area contributed by atoms with E-state index < -0.39 is 10.3 Å². The molecule has 0 atom stereocenters. The molecule has 0 spiro atoms. The largest absolute Gasteiger partial charge is 0.373 e. The summed E-state index contributed by atoms with van der Waals surface area (Å²) in [7, 11) is -4.44. The highest BCUT2D eigenvalue weighted by Gasteiger charge is 2.17. The molecule has 0 aromatic heterocycles. The second kappa shape index (κ2) is 3.75. The molecular formula is C10H10N2O3S. The van der Waals surface area contributed by atoms with Crippen molar-refractivity contribution in [3.63, 3.8) is 0 Å². The summed E-state index contributed by atoms with van der Waals surface area (Å²) in [5.41, 5.74) is 0.237. The number of fused-ring (bicyclic) bond motifs is 1. The van der Waals surface area contributed by atoms with Crippen LogP contribution in [0.25, 0.3) is 10.8 Å². The number of hydrogen-bond acceptors (Lipinski definition) is 3. The zero-order chi connectivity index (χ0) is 11.8. The Labute approximate surface area is 92.9 Å². The minimum absolute atomic E-state index is 0.237. The summed E-state index contributed by atoms with van der Waals surface area (Å²) < 4.78 is 31.1. The van der Waals surface area contributed by atoms with E-state index in [0.29, 0.717) is 9.80 Å². The van der Waals surface area contributed by atoms with E-state index in [1.54, 1.807) is 18.2 Å². The van der Waals surface area contributed by atoms with Crippen molar-refractivity contribution in [1.29, 1.82) is 0 Å². The standard InChI is InChI=1S/C10H10N2O3S/c11-12(16(13,14)15)10-7-3-5-8-4-1-2-6-9(8)10/h1-7H,11H2,(H,13,14,15). The Hall–Kier alpha value is -1.63. The first-order valence-electron chi connectivity index (χ1n) is 4.50. The van der Waals surface area contributed by atoms with E-state index in [1.165, 1.54) is 6.07 Å². The van der Waals surface area contributed by atoms with Gasteiger partial charge in [-0.15, -0.1) is 0 Å². The summed E-state index contributed by atoms with van der Waals surface area (Å²) in [6, 6.07) is 12.2. The van der Waals surface area contributed by atoms with Crippen LogP contribution in [-0.4, -0.2) is 13.0 Å².